The summed E-state index contributed by atoms with van der Waals surface area (Å²) in [6, 6.07) is 0. The highest BCUT2D eigenvalue weighted by Crippen LogP contribution is 2.36. The van der Waals surface area contributed by atoms with Crippen molar-refractivity contribution < 1.29 is 19.7 Å². The lowest BCUT2D eigenvalue weighted by Gasteiger charge is -2.08. The van der Waals surface area contributed by atoms with Gasteiger partial charge in [-0.15, -0.1) is 0 Å². The zero-order valence-electron chi connectivity index (χ0n) is 5.73. The molecule has 0 aromatic heterocycles. The predicted molar refractivity (Wildman–Crippen MR) is 35.0 cm³/mol. The SMILES string of the molecule is O=C(O)C1=CC(O)[C@@H]2OC2C1. The van der Waals surface area contributed by atoms with Gasteiger partial charge in [0.1, 0.15) is 12.2 Å². The van der Waals surface area contributed by atoms with Gasteiger partial charge in [0, 0.05) is 12.0 Å². The molecule has 2 rings (SSSR count). The normalized spacial score (nSPS) is 40.8. The number of ether oxygens (including phenoxy) is 1. The molecule has 0 amide bonds. The molecular formula is C7H8O4. The summed E-state index contributed by atoms with van der Waals surface area (Å²) in [5.41, 5.74) is 0.260. The van der Waals surface area contributed by atoms with Crippen LogP contribution < -0.4 is 0 Å². The van der Waals surface area contributed by atoms with E-state index in [1.807, 2.05) is 0 Å². The average molecular weight is 156 g/mol. The lowest BCUT2D eigenvalue weighted by atomic mass is 9.98. The van der Waals surface area contributed by atoms with Crippen molar-refractivity contribution in [2.24, 2.45) is 0 Å². The molecule has 11 heavy (non-hydrogen) atoms. The van der Waals surface area contributed by atoms with Gasteiger partial charge in [0.15, 0.2) is 0 Å². The topological polar surface area (TPSA) is 70.1 Å². The summed E-state index contributed by atoms with van der Waals surface area (Å²) in [6.07, 6.45) is 0.868. The smallest absolute Gasteiger partial charge is 0.331 e. The Morgan fingerprint density at radius 2 is 2.45 bits per heavy atom. The summed E-state index contributed by atoms with van der Waals surface area (Å²) in [7, 11) is 0. The van der Waals surface area contributed by atoms with E-state index >= 15 is 0 Å². The number of hydrogen-bond acceptors (Lipinski definition) is 3. The molecule has 0 aromatic rings. The van der Waals surface area contributed by atoms with Crippen LogP contribution in [0.1, 0.15) is 6.42 Å². The molecule has 0 radical (unpaired) electrons. The van der Waals surface area contributed by atoms with Crippen LogP contribution >= 0.6 is 0 Å². The lowest BCUT2D eigenvalue weighted by molar-refractivity contribution is -0.133. The van der Waals surface area contributed by atoms with Gasteiger partial charge in [-0.3, -0.25) is 0 Å². The molecule has 2 unspecified atom stereocenters. The Hall–Kier alpha value is -0.870. The second kappa shape index (κ2) is 2.06. The molecular weight excluding hydrogens is 148 g/mol. The van der Waals surface area contributed by atoms with Crippen molar-refractivity contribution in [3.05, 3.63) is 11.6 Å². The van der Waals surface area contributed by atoms with Crippen LogP contribution in [-0.2, 0) is 9.53 Å². The number of carbonyl (C=O) groups is 1. The van der Waals surface area contributed by atoms with Gasteiger partial charge in [-0.05, 0) is 6.08 Å². The van der Waals surface area contributed by atoms with Crippen LogP contribution in [-0.4, -0.2) is 34.5 Å². The van der Waals surface area contributed by atoms with Gasteiger partial charge in [-0.1, -0.05) is 0 Å². The van der Waals surface area contributed by atoms with Crippen molar-refractivity contribution in [1.82, 2.24) is 0 Å². The van der Waals surface area contributed by atoms with Gasteiger partial charge in [-0.25, -0.2) is 4.79 Å². The molecule has 0 bridgehead atoms. The van der Waals surface area contributed by atoms with Gasteiger partial charge in [-0.2, -0.15) is 0 Å². The van der Waals surface area contributed by atoms with Crippen LogP contribution in [0.4, 0.5) is 0 Å². The first kappa shape index (κ1) is 6.82. The second-order valence-electron chi connectivity index (χ2n) is 2.83. The predicted octanol–water partition coefficient (Wildman–Crippen LogP) is -0.471. The number of rotatable bonds is 1. The summed E-state index contributed by atoms with van der Waals surface area (Å²) >= 11 is 0. The van der Waals surface area contributed by atoms with E-state index < -0.39 is 12.1 Å². The maximum absolute atomic E-state index is 10.4. The first-order valence-corrected chi connectivity index (χ1v) is 3.46. The molecule has 0 spiro atoms. The molecule has 2 aliphatic rings. The second-order valence-corrected chi connectivity index (χ2v) is 2.83. The number of aliphatic hydroxyl groups excluding tert-OH is 1. The minimum atomic E-state index is -0.960. The van der Waals surface area contributed by atoms with E-state index in [9.17, 15) is 9.90 Å². The molecule has 1 heterocycles. The van der Waals surface area contributed by atoms with E-state index in [0.717, 1.165) is 0 Å². The van der Waals surface area contributed by atoms with E-state index in [1.54, 1.807) is 0 Å². The Morgan fingerprint density at radius 3 is 3.00 bits per heavy atom. The summed E-state index contributed by atoms with van der Waals surface area (Å²) in [5, 5.41) is 17.7. The highest BCUT2D eigenvalue weighted by Gasteiger charge is 2.47. The molecule has 1 fully saturated rings. The first-order chi connectivity index (χ1) is 5.18. The van der Waals surface area contributed by atoms with Crippen molar-refractivity contribution in [2.45, 2.75) is 24.7 Å². The fourth-order valence-electron chi connectivity index (χ4n) is 1.37. The van der Waals surface area contributed by atoms with Crippen LogP contribution in [0.25, 0.3) is 0 Å². The maximum Gasteiger partial charge on any atom is 0.331 e. The fraction of sp³-hybridized carbons (Fsp3) is 0.571. The highest BCUT2D eigenvalue weighted by molar-refractivity contribution is 5.87. The number of hydrogen-bond donors (Lipinski definition) is 2. The monoisotopic (exact) mass is 156 g/mol. The Balaban J connectivity index is 2.17. The fourth-order valence-corrected chi connectivity index (χ4v) is 1.37. The number of aliphatic hydroxyl groups is 1. The van der Waals surface area contributed by atoms with Crippen molar-refractivity contribution >= 4 is 5.97 Å². The molecule has 3 atom stereocenters. The summed E-state index contributed by atoms with van der Waals surface area (Å²) < 4.78 is 5.01. The van der Waals surface area contributed by atoms with Gasteiger partial charge < -0.3 is 14.9 Å². The number of aliphatic carboxylic acids is 1. The molecule has 1 aliphatic carbocycles. The van der Waals surface area contributed by atoms with Gasteiger partial charge in [0.25, 0.3) is 0 Å². The van der Waals surface area contributed by atoms with E-state index in [-0.39, 0.29) is 17.8 Å². The molecule has 4 heteroatoms. The first-order valence-electron chi connectivity index (χ1n) is 3.46. The van der Waals surface area contributed by atoms with Gasteiger partial charge >= 0.3 is 5.97 Å². The number of epoxide rings is 1. The molecule has 60 valence electrons. The minimum absolute atomic E-state index is 0.0545. The largest absolute Gasteiger partial charge is 0.478 e. The highest BCUT2D eigenvalue weighted by atomic mass is 16.6. The molecule has 1 aliphatic heterocycles. The van der Waals surface area contributed by atoms with Gasteiger partial charge in [0.2, 0.25) is 0 Å². The Labute approximate surface area is 63.1 Å². The van der Waals surface area contributed by atoms with Crippen LogP contribution in [0.2, 0.25) is 0 Å². The van der Waals surface area contributed by atoms with E-state index in [0.29, 0.717) is 6.42 Å². The maximum atomic E-state index is 10.4. The van der Waals surface area contributed by atoms with Crippen molar-refractivity contribution in [3.63, 3.8) is 0 Å². The van der Waals surface area contributed by atoms with Crippen LogP contribution in [0.3, 0.4) is 0 Å². The number of carboxylic acid groups (broad SMARTS) is 1. The molecule has 0 aromatic carbocycles. The minimum Gasteiger partial charge on any atom is -0.478 e. The summed E-state index contributed by atoms with van der Waals surface area (Å²) in [6.45, 7) is 0. The van der Waals surface area contributed by atoms with E-state index in [4.69, 9.17) is 9.84 Å². The van der Waals surface area contributed by atoms with E-state index in [1.165, 1.54) is 6.08 Å². The quantitative estimate of drug-likeness (QED) is 0.503. The Morgan fingerprint density at radius 1 is 1.73 bits per heavy atom. The van der Waals surface area contributed by atoms with Gasteiger partial charge in [0.05, 0.1) is 6.10 Å². The standard InChI is InChI=1S/C7H8O4/c8-4-1-3(7(9)10)2-5-6(4)11-5/h1,4-6,8H,2H2,(H,9,10)/t4?,5?,6-/m0/s1. The third-order valence-electron chi connectivity index (χ3n) is 2.03. The zero-order valence-corrected chi connectivity index (χ0v) is 5.73. The molecule has 4 nitrogen and oxygen atoms in total. The molecule has 2 N–H and O–H groups in total. The van der Waals surface area contributed by atoms with Crippen molar-refractivity contribution in [1.29, 1.82) is 0 Å². The number of carboxylic acids is 1. The van der Waals surface area contributed by atoms with Crippen LogP contribution in [0.15, 0.2) is 11.6 Å². The molecule has 0 saturated carbocycles. The lowest BCUT2D eigenvalue weighted by Crippen LogP contribution is -2.22. The third-order valence-corrected chi connectivity index (χ3v) is 2.03. The number of fused-ring (bicyclic) bond motifs is 1. The van der Waals surface area contributed by atoms with Crippen LogP contribution in [0.5, 0.6) is 0 Å². The Bertz CT molecular complexity index is 233. The Kier molecular flexibility index (Phi) is 1.27. The summed E-state index contributed by atoms with van der Waals surface area (Å²) in [5.74, 6) is -0.960. The van der Waals surface area contributed by atoms with E-state index in [2.05, 4.69) is 0 Å². The van der Waals surface area contributed by atoms with Crippen molar-refractivity contribution in [2.75, 3.05) is 0 Å². The zero-order chi connectivity index (χ0) is 8.01. The molecule has 1 saturated heterocycles. The van der Waals surface area contributed by atoms with Crippen LogP contribution in [0, 0.1) is 0 Å². The van der Waals surface area contributed by atoms with Crippen molar-refractivity contribution in [3.8, 4) is 0 Å². The summed E-state index contributed by atoms with van der Waals surface area (Å²) in [4.78, 5) is 10.4. The average Bonchev–Trinajstić information content (AvgIpc) is 2.66. The third kappa shape index (κ3) is 1.04.